The quantitative estimate of drug-likeness (QED) is 0.392. The van der Waals surface area contributed by atoms with Crippen molar-refractivity contribution in [1.82, 2.24) is 0 Å². The third-order valence-electron chi connectivity index (χ3n) is 2.57. The standard InChI is InChI=1S/C12H22O4S/c1(3-13-7-11-9-15-11)5-17-6-2-4-14-8-12-10-16-12/h11-12H,1-10H2. The second-order valence-electron chi connectivity index (χ2n) is 4.38. The molecule has 0 radical (unpaired) electrons. The summed E-state index contributed by atoms with van der Waals surface area (Å²) in [7, 11) is 0. The van der Waals surface area contributed by atoms with Gasteiger partial charge in [-0.1, -0.05) is 0 Å². The second-order valence-corrected chi connectivity index (χ2v) is 5.60. The predicted octanol–water partition coefficient (Wildman–Crippen LogP) is 1.33. The van der Waals surface area contributed by atoms with Crippen LogP contribution in [-0.4, -0.2) is 63.4 Å². The van der Waals surface area contributed by atoms with Gasteiger partial charge in [-0.15, -0.1) is 0 Å². The molecule has 2 heterocycles. The fourth-order valence-electron chi connectivity index (χ4n) is 1.39. The van der Waals surface area contributed by atoms with E-state index in [0.29, 0.717) is 12.2 Å². The summed E-state index contributed by atoms with van der Waals surface area (Å²) in [5, 5.41) is 0. The van der Waals surface area contributed by atoms with Crippen LogP contribution in [0.15, 0.2) is 0 Å². The Labute approximate surface area is 107 Å². The van der Waals surface area contributed by atoms with Crippen molar-refractivity contribution < 1.29 is 18.9 Å². The van der Waals surface area contributed by atoms with E-state index in [1.807, 2.05) is 11.8 Å². The molecule has 0 aromatic heterocycles. The Morgan fingerprint density at radius 1 is 0.882 bits per heavy atom. The summed E-state index contributed by atoms with van der Waals surface area (Å²) < 4.78 is 21.0. The number of ether oxygens (including phenoxy) is 4. The average Bonchev–Trinajstić information content (AvgIpc) is 3.19. The van der Waals surface area contributed by atoms with E-state index in [-0.39, 0.29) is 0 Å². The highest BCUT2D eigenvalue weighted by molar-refractivity contribution is 7.99. The normalized spacial score (nSPS) is 26.1. The van der Waals surface area contributed by atoms with Crippen LogP contribution in [0, 0.1) is 0 Å². The van der Waals surface area contributed by atoms with E-state index in [4.69, 9.17) is 18.9 Å². The van der Waals surface area contributed by atoms with Crippen LogP contribution in [0.3, 0.4) is 0 Å². The van der Waals surface area contributed by atoms with Crippen molar-refractivity contribution in [3.8, 4) is 0 Å². The summed E-state index contributed by atoms with van der Waals surface area (Å²) in [6.45, 7) is 5.07. The van der Waals surface area contributed by atoms with E-state index in [1.54, 1.807) is 0 Å². The summed E-state index contributed by atoms with van der Waals surface area (Å²) in [6, 6.07) is 0. The molecule has 100 valence electrons. The van der Waals surface area contributed by atoms with Gasteiger partial charge in [0.25, 0.3) is 0 Å². The van der Waals surface area contributed by atoms with Crippen molar-refractivity contribution in [3.05, 3.63) is 0 Å². The Bertz CT molecular complexity index is 175. The number of hydrogen-bond donors (Lipinski definition) is 0. The lowest BCUT2D eigenvalue weighted by molar-refractivity contribution is 0.117. The van der Waals surface area contributed by atoms with E-state index >= 15 is 0 Å². The Kier molecular flexibility index (Phi) is 6.66. The number of hydrogen-bond acceptors (Lipinski definition) is 5. The lowest BCUT2D eigenvalue weighted by Crippen LogP contribution is -2.04. The summed E-state index contributed by atoms with van der Waals surface area (Å²) in [5.74, 6) is 2.36. The van der Waals surface area contributed by atoms with Crippen molar-refractivity contribution in [3.63, 3.8) is 0 Å². The van der Waals surface area contributed by atoms with Crippen LogP contribution in [0.4, 0.5) is 0 Å². The summed E-state index contributed by atoms with van der Waals surface area (Å²) >= 11 is 1.98. The van der Waals surface area contributed by atoms with Crippen molar-refractivity contribution in [1.29, 1.82) is 0 Å². The molecule has 0 aromatic rings. The molecule has 2 aliphatic heterocycles. The fraction of sp³-hybridized carbons (Fsp3) is 1.00. The van der Waals surface area contributed by atoms with E-state index in [9.17, 15) is 0 Å². The third kappa shape index (κ3) is 8.00. The molecule has 0 bridgehead atoms. The van der Waals surface area contributed by atoms with Gasteiger partial charge in [0.15, 0.2) is 0 Å². The Morgan fingerprint density at radius 3 is 1.76 bits per heavy atom. The van der Waals surface area contributed by atoms with Gasteiger partial charge in [0.1, 0.15) is 12.2 Å². The maximum absolute atomic E-state index is 5.46. The third-order valence-corrected chi connectivity index (χ3v) is 3.72. The molecule has 2 aliphatic rings. The van der Waals surface area contributed by atoms with Crippen LogP contribution < -0.4 is 0 Å². The van der Waals surface area contributed by atoms with Crippen LogP contribution in [0.5, 0.6) is 0 Å². The topological polar surface area (TPSA) is 43.5 Å². The van der Waals surface area contributed by atoms with E-state index in [0.717, 1.165) is 52.5 Å². The molecule has 0 spiro atoms. The Hall–Kier alpha value is 0.190. The zero-order chi connectivity index (χ0) is 11.8. The lowest BCUT2D eigenvalue weighted by atomic mass is 10.5. The van der Waals surface area contributed by atoms with Crippen LogP contribution in [0.1, 0.15) is 12.8 Å². The van der Waals surface area contributed by atoms with Gasteiger partial charge in [-0.25, -0.2) is 0 Å². The highest BCUT2D eigenvalue weighted by atomic mass is 32.2. The highest BCUT2D eigenvalue weighted by Gasteiger charge is 2.22. The first-order chi connectivity index (χ1) is 8.45. The molecular weight excluding hydrogens is 240 g/mol. The Balaban J connectivity index is 1.20. The number of thioether (sulfide) groups is 1. The van der Waals surface area contributed by atoms with Gasteiger partial charge in [-0.2, -0.15) is 11.8 Å². The van der Waals surface area contributed by atoms with Gasteiger partial charge in [-0.05, 0) is 24.3 Å². The van der Waals surface area contributed by atoms with Gasteiger partial charge < -0.3 is 18.9 Å². The van der Waals surface area contributed by atoms with Crippen LogP contribution >= 0.6 is 11.8 Å². The molecule has 2 rings (SSSR count). The minimum atomic E-state index is 0.398. The van der Waals surface area contributed by atoms with Crippen molar-refractivity contribution >= 4 is 11.8 Å². The van der Waals surface area contributed by atoms with Gasteiger partial charge in [0.2, 0.25) is 0 Å². The number of rotatable bonds is 12. The Morgan fingerprint density at radius 2 is 1.35 bits per heavy atom. The van der Waals surface area contributed by atoms with E-state index in [2.05, 4.69) is 0 Å². The minimum Gasteiger partial charge on any atom is -0.379 e. The van der Waals surface area contributed by atoms with Crippen molar-refractivity contribution in [2.45, 2.75) is 25.0 Å². The molecule has 0 amide bonds. The second kappa shape index (κ2) is 8.32. The monoisotopic (exact) mass is 262 g/mol. The molecular formula is C12H22O4S. The lowest BCUT2D eigenvalue weighted by Gasteiger charge is -2.03. The summed E-state index contributed by atoms with van der Waals surface area (Å²) in [5.41, 5.74) is 0. The molecule has 0 N–H and O–H groups in total. The maximum atomic E-state index is 5.46. The molecule has 2 saturated heterocycles. The molecule has 2 unspecified atom stereocenters. The van der Waals surface area contributed by atoms with E-state index < -0.39 is 0 Å². The average molecular weight is 262 g/mol. The minimum absolute atomic E-state index is 0.398. The summed E-state index contributed by atoms with van der Waals surface area (Å²) in [4.78, 5) is 0. The van der Waals surface area contributed by atoms with Gasteiger partial charge >= 0.3 is 0 Å². The first-order valence-corrected chi connectivity index (χ1v) is 7.57. The molecule has 0 saturated carbocycles. The number of epoxide rings is 2. The van der Waals surface area contributed by atoms with Crippen LogP contribution in [0.2, 0.25) is 0 Å². The molecule has 4 nitrogen and oxygen atoms in total. The molecule has 2 atom stereocenters. The molecule has 5 heteroatoms. The van der Waals surface area contributed by atoms with E-state index in [1.165, 1.54) is 11.5 Å². The van der Waals surface area contributed by atoms with Crippen molar-refractivity contribution in [2.24, 2.45) is 0 Å². The summed E-state index contributed by atoms with van der Waals surface area (Å²) in [6.07, 6.45) is 3.06. The zero-order valence-electron chi connectivity index (χ0n) is 10.3. The first kappa shape index (κ1) is 13.6. The van der Waals surface area contributed by atoms with Gasteiger partial charge in [-0.3, -0.25) is 0 Å². The SMILES string of the molecule is C(COCC1CO1)CSCCCOCC1CO1. The largest absolute Gasteiger partial charge is 0.379 e. The molecule has 0 aromatic carbocycles. The first-order valence-electron chi connectivity index (χ1n) is 6.41. The van der Waals surface area contributed by atoms with Crippen molar-refractivity contribution in [2.75, 3.05) is 51.1 Å². The zero-order valence-corrected chi connectivity index (χ0v) is 11.1. The van der Waals surface area contributed by atoms with Crippen LogP contribution in [-0.2, 0) is 18.9 Å². The molecule has 0 aliphatic carbocycles. The smallest absolute Gasteiger partial charge is 0.104 e. The van der Waals surface area contributed by atoms with Crippen LogP contribution in [0.25, 0.3) is 0 Å². The molecule has 17 heavy (non-hydrogen) atoms. The maximum Gasteiger partial charge on any atom is 0.104 e. The van der Waals surface area contributed by atoms with Gasteiger partial charge in [0.05, 0.1) is 26.4 Å². The molecule has 2 fully saturated rings. The predicted molar refractivity (Wildman–Crippen MR) is 67.7 cm³/mol. The van der Waals surface area contributed by atoms with Gasteiger partial charge in [0, 0.05) is 13.2 Å². The fourth-order valence-corrected chi connectivity index (χ4v) is 2.23. The highest BCUT2D eigenvalue weighted by Crippen LogP contribution is 2.10.